The number of carbonyl (C=O) groups is 2. The third-order valence-corrected chi connectivity index (χ3v) is 3.05. The first kappa shape index (κ1) is 15.6. The molecular weight excluding hydrogens is 264 g/mol. The van der Waals surface area contributed by atoms with Crippen molar-refractivity contribution in [3.05, 3.63) is 24.2 Å². The number of hydrogen-bond acceptors (Lipinski definition) is 4. The Morgan fingerprint density at radius 2 is 2.11 bits per heavy atom. The molecule has 1 atom stereocenters. The molecule has 0 aliphatic carbocycles. The van der Waals surface area contributed by atoms with Gasteiger partial charge in [-0.25, -0.2) is 0 Å². The van der Waals surface area contributed by atoms with Gasteiger partial charge in [0.05, 0.1) is 6.26 Å². The third-order valence-electron chi connectivity index (χ3n) is 2.41. The number of rotatable bonds is 7. The fourth-order valence-corrected chi connectivity index (χ4v) is 2.00. The molecule has 6 heteroatoms. The fraction of sp³-hybridized carbons (Fsp3) is 0.538. The van der Waals surface area contributed by atoms with E-state index >= 15 is 0 Å². The van der Waals surface area contributed by atoms with Crippen LogP contribution in [0.5, 0.6) is 0 Å². The Hall–Kier alpha value is -1.43. The molecule has 0 saturated carbocycles. The van der Waals surface area contributed by atoms with Crippen LogP contribution in [0.25, 0.3) is 0 Å². The molecule has 1 aromatic rings. The van der Waals surface area contributed by atoms with Crippen molar-refractivity contribution in [1.29, 1.82) is 0 Å². The van der Waals surface area contributed by atoms with Gasteiger partial charge in [0, 0.05) is 6.04 Å². The molecule has 2 amide bonds. The van der Waals surface area contributed by atoms with Gasteiger partial charge >= 0.3 is 0 Å². The summed E-state index contributed by atoms with van der Waals surface area (Å²) in [6.45, 7) is 3.77. The van der Waals surface area contributed by atoms with Gasteiger partial charge in [-0.1, -0.05) is 0 Å². The Morgan fingerprint density at radius 1 is 1.37 bits per heavy atom. The molecule has 1 unspecified atom stereocenters. The van der Waals surface area contributed by atoms with Crippen LogP contribution in [-0.2, 0) is 4.79 Å². The smallest absolute Gasteiger partial charge is 0.287 e. The zero-order valence-electron chi connectivity index (χ0n) is 11.4. The third kappa shape index (κ3) is 5.38. The SMILES string of the molecule is CSCCC(NC(=O)c1ccco1)C(=O)NC(C)C. The largest absolute Gasteiger partial charge is 0.459 e. The number of carbonyl (C=O) groups excluding carboxylic acids is 2. The van der Waals surface area contributed by atoms with Crippen molar-refractivity contribution in [2.45, 2.75) is 32.4 Å². The van der Waals surface area contributed by atoms with Crippen molar-refractivity contribution < 1.29 is 14.0 Å². The number of hydrogen-bond donors (Lipinski definition) is 2. The van der Waals surface area contributed by atoms with Crippen molar-refractivity contribution in [3.63, 3.8) is 0 Å². The standard InChI is InChI=1S/C13H20N2O3S/c1-9(2)14-12(16)10(6-8-19-3)15-13(17)11-5-4-7-18-11/h4-5,7,9-10H,6,8H2,1-3H3,(H,14,16)(H,15,17). The van der Waals surface area contributed by atoms with Crippen molar-refractivity contribution in [2.24, 2.45) is 0 Å². The molecule has 19 heavy (non-hydrogen) atoms. The zero-order valence-corrected chi connectivity index (χ0v) is 12.3. The van der Waals surface area contributed by atoms with E-state index in [0.29, 0.717) is 6.42 Å². The first-order valence-electron chi connectivity index (χ1n) is 6.18. The van der Waals surface area contributed by atoms with Crippen LogP contribution < -0.4 is 10.6 Å². The van der Waals surface area contributed by atoms with Gasteiger partial charge in [-0.05, 0) is 44.4 Å². The predicted molar refractivity (Wildman–Crippen MR) is 76.2 cm³/mol. The Balaban J connectivity index is 2.63. The summed E-state index contributed by atoms with van der Waals surface area (Å²) in [5.74, 6) is 0.486. The quantitative estimate of drug-likeness (QED) is 0.799. The molecule has 0 fully saturated rings. The van der Waals surface area contributed by atoms with E-state index in [1.807, 2.05) is 20.1 Å². The summed E-state index contributed by atoms with van der Waals surface area (Å²) < 4.78 is 5.01. The molecule has 0 radical (unpaired) electrons. The molecule has 106 valence electrons. The number of furan rings is 1. The second-order valence-corrected chi connectivity index (χ2v) is 5.43. The maximum atomic E-state index is 12.0. The second-order valence-electron chi connectivity index (χ2n) is 4.45. The van der Waals surface area contributed by atoms with Crippen molar-refractivity contribution in [2.75, 3.05) is 12.0 Å². The Labute approximate surface area is 117 Å². The van der Waals surface area contributed by atoms with Crippen LogP contribution in [0.1, 0.15) is 30.8 Å². The van der Waals surface area contributed by atoms with Gasteiger partial charge in [-0.15, -0.1) is 0 Å². The van der Waals surface area contributed by atoms with E-state index < -0.39 is 6.04 Å². The Kier molecular flexibility index (Phi) is 6.49. The first-order valence-corrected chi connectivity index (χ1v) is 7.57. The molecule has 1 heterocycles. The molecule has 0 bridgehead atoms. The van der Waals surface area contributed by atoms with Gasteiger partial charge in [0.1, 0.15) is 6.04 Å². The Morgan fingerprint density at radius 3 is 2.63 bits per heavy atom. The topological polar surface area (TPSA) is 71.3 Å². The van der Waals surface area contributed by atoms with Gasteiger partial charge in [-0.3, -0.25) is 9.59 Å². The molecule has 0 aromatic carbocycles. The highest BCUT2D eigenvalue weighted by atomic mass is 32.2. The summed E-state index contributed by atoms with van der Waals surface area (Å²) >= 11 is 1.64. The lowest BCUT2D eigenvalue weighted by molar-refractivity contribution is -0.123. The van der Waals surface area contributed by atoms with Crippen LogP contribution in [0.4, 0.5) is 0 Å². The zero-order chi connectivity index (χ0) is 14.3. The molecule has 2 N–H and O–H groups in total. The van der Waals surface area contributed by atoms with Crippen LogP contribution >= 0.6 is 11.8 Å². The van der Waals surface area contributed by atoms with Gasteiger partial charge in [0.15, 0.2) is 5.76 Å². The van der Waals surface area contributed by atoms with Crippen LogP contribution in [0.15, 0.2) is 22.8 Å². The fourth-order valence-electron chi connectivity index (χ4n) is 1.53. The molecule has 1 rings (SSSR count). The van der Waals surface area contributed by atoms with Gasteiger partial charge in [0.25, 0.3) is 5.91 Å². The van der Waals surface area contributed by atoms with Crippen LogP contribution in [0, 0.1) is 0 Å². The molecular formula is C13H20N2O3S. The summed E-state index contributed by atoms with van der Waals surface area (Å²) in [6, 6.07) is 2.72. The molecule has 0 aliphatic rings. The number of thioether (sulfide) groups is 1. The van der Waals surface area contributed by atoms with E-state index in [9.17, 15) is 9.59 Å². The molecule has 0 spiro atoms. The highest BCUT2D eigenvalue weighted by Gasteiger charge is 2.22. The summed E-state index contributed by atoms with van der Waals surface area (Å²) in [4.78, 5) is 23.9. The first-order chi connectivity index (χ1) is 9.04. The average molecular weight is 284 g/mol. The highest BCUT2D eigenvalue weighted by molar-refractivity contribution is 7.98. The predicted octanol–water partition coefficient (Wildman–Crippen LogP) is 1.66. The summed E-state index contributed by atoms with van der Waals surface area (Å²) in [6.07, 6.45) is 3.98. The molecule has 1 aromatic heterocycles. The summed E-state index contributed by atoms with van der Waals surface area (Å²) in [7, 11) is 0. The summed E-state index contributed by atoms with van der Waals surface area (Å²) in [5.41, 5.74) is 0. The van der Waals surface area contributed by atoms with E-state index in [0.717, 1.165) is 5.75 Å². The van der Waals surface area contributed by atoms with Gasteiger partial charge in [-0.2, -0.15) is 11.8 Å². The van der Waals surface area contributed by atoms with E-state index in [1.165, 1.54) is 6.26 Å². The van der Waals surface area contributed by atoms with Crippen molar-refractivity contribution in [1.82, 2.24) is 10.6 Å². The Bertz CT molecular complexity index is 404. The van der Waals surface area contributed by atoms with Gasteiger partial charge < -0.3 is 15.1 Å². The molecule has 0 aliphatic heterocycles. The van der Waals surface area contributed by atoms with E-state index in [1.54, 1.807) is 23.9 Å². The minimum absolute atomic E-state index is 0.0461. The molecule has 0 saturated heterocycles. The maximum absolute atomic E-state index is 12.0. The van der Waals surface area contributed by atoms with E-state index in [-0.39, 0.29) is 23.6 Å². The average Bonchev–Trinajstić information content (AvgIpc) is 2.86. The van der Waals surface area contributed by atoms with E-state index in [2.05, 4.69) is 10.6 Å². The second kappa shape index (κ2) is 7.89. The minimum Gasteiger partial charge on any atom is -0.459 e. The number of nitrogens with one attached hydrogen (secondary N) is 2. The van der Waals surface area contributed by atoms with Gasteiger partial charge in [0.2, 0.25) is 5.91 Å². The monoisotopic (exact) mass is 284 g/mol. The lowest BCUT2D eigenvalue weighted by Gasteiger charge is -2.19. The summed E-state index contributed by atoms with van der Waals surface area (Å²) in [5, 5.41) is 5.51. The number of amides is 2. The van der Waals surface area contributed by atoms with Crippen molar-refractivity contribution in [3.8, 4) is 0 Å². The lowest BCUT2D eigenvalue weighted by Crippen LogP contribution is -2.48. The maximum Gasteiger partial charge on any atom is 0.287 e. The van der Waals surface area contributed by atoms with Crippen molar-refractivity contribution >= 4 is 23.6 Å². The van der Waals surface area contributed by atoms with Crippen LogP contribution in [-0.4, -0.2) is 35.9 Å². The minimum atomic E-state index is -0.535. The molecule has 5 nitrogen and oxygen atoms in total. The highest BCUT2D eigenvalue weighted by Crippen LogP contribution is 2.05. The normalized spacial score (nSPS) is 12.2. The van der Waals surface area contributed by atoms with Crippen LogP contribution in [0.3, 0.4) is 0 Å². The lowest BCUT2D eigenvalue weighted by atomic mass is 10.2. The van der Waals surface area contributed by atoms with E-state index in [4.69, 9.17) is 4.42 Å². The van der Waals surface area contributed by atoms with Crippen LogP contribution in [0.2, 0.25) is 0 Å².